The smallest absolute Gasteiger partial charge is 0.0622 e. The first-order valence-corrected chi connectivity index (χ1v) is 10.7. The fourth-order valence-corrected chi connectivity index (χ4v) is 4.45. The van der Waals surface area contributed by atoms with Gasteiger partial charge in [0.2, 0.25) is 0 Å². The first-order valence-electron chi connectivity index (χ1n) is 10.7. The zero-order valence-electron chi connectivity index (χ0n) is 17.8. The van der Waals surface area contributed by atoms with Crippen LogP contribution in [-0.2, 0) is 5.41 Å². The molecule has 0 bridgehead atoms. The Hall–Kier alpha value is -3.83. The Morgan fingerprint density at radius 2 is 1.23 bits per heavy atom. The Bertz CT molecular complexity index is 1160. The molecule has 0 amide bonds. The summed E-state index contributed by atoms with van der Waals surface area (Å²) in [5.74, 6) is 0. The van der Waals surface area contributed by atoms with E-state index in [0.29, 0.717) is 6.42 Å². The molecule has 4 aromatic carbocycles. The summed E-state index contributed by atoms with van der Waals surface area (Å²) in [5, 5.41) is 13.0. The van der Waals surface area contributed by atoms with Crippen LogP contribution in [0.1, 0.15) is 35.1 Å². The number of para-hydroxylation sites is 1. The van der Waals surface area contributed by atoms with Crippen LogP contribution in [0.3, 0.4) is 0 Å². The number of benzene rings is 4. The van der Waals surface area contributed by atoms with Gasteiger partial charge in [-0.25, -0.2) is 0 Å². The molecule has 2 heteroatoms. The summed E-state index contributed by atoms with van der Waals surface area (Å²) in [6.07, 6.45) is 1.21. The standard InChI is InChI=1S/C29H26N2/c1-23-11-8-9-16-28(23)29(21-10-22-30,24-12-4-2-5-13-24)25-17-19-27(20-18-25)31-26-14-6-3-7-15-26/h2-9,11-20,31H,10,21H2,1H3. The Morgan fingerprint density at radius 1 is 0.677 bits per heavy atom. The highest BCUT2D eigenvalue weighted by Crippen LogP contribution is 2.44. The SMILES string of the molecule is Cc1ccccc1C(CCC#N)(c1ccccc1)c1ccc(Nc2ccccc2)cc1. The highest BCUT2D eigenvalue weighted by atomic mass is 14.9. The van der Waals surface area contributed by atoms with Gasteiger partial charge in [-0.1, -0.05) is 84.9 Å². The molecule has 0 radical (unpaired) electrons. The molecule has 0 saturated carbocycles. The van der Waals surface area contributed by atoms with Crippen molar-refractivity contribution in [2.75, 3.05) is 5.32 Å². The Kier molecular flexibility index (Phi) is 6.15. The van der Waals surface area contributed by atoms with Crippen molar-refractivity contribution < 1.29 is 0 Å². The molecular weight excluding hydrogens is 376 g/mol. The second-order valence-electron chi connectivity index (χ2n) is 7.81. The van der Waals surface area contributed by atoms with Crippen LogP contribution in [-0.4, -0.2) is 0 Å². The van der Waals surface area contributed by atoms with Crippen LogP contribution in [0.2, 0.25) is 0 Å². The summed E-state index contributed by atoms with van der Waals surface area (Å²) in [7, 11) is 0. The lowest BCUT2D eigenvalue weighted by molar-refractivity contribution is 0.566. The van der Waals surface area contributed by atoms with Crippen LogP contribution in [0.5, 0.6) is 0 Å². The summed E-state index contributed by atoms with van der Waals surface area (Å²) in [6.45, 7) is 2.16. The number of anilines is 2. The Labute approximate surface area is 184 Å². The lowest BCUT2D eigenvalue weighted by Crippen LogP contribution is -2.30. The maximum atomic E-state index is 9.49. The molecule has 1 atom stereocenters. The van der Waals surface area contributed by atoms with Gasteiger partial charge in [-0.2, -0.15) is 5.26 Å². The van der Waals surface area contributed by atoms with Crippen LogP contribution in [0.15, 0.2) is 109 Å². The van der Waals surface area contributed by atoms with Gasteiger partial charge in [0, 0.05) is 23.2 Å². The molecule has 0 aliphatic carbocycles. The quantitative estimate of drug-likeness (QED) is 0.327. The monoisotopic (exact) mass is 402 g/mol. The molecule has 0 aliphatic rings. The average molecular weight is 403 g/mol. The maximum absolute atomic E-state index is 9.49. The second kappa shape index (κ2) is 9.32. The van der Waals surface area contributed by atoms with Crippen molar-refractivity contribution in [3.05, 3.63) is 131 Å². The Morgan fingerprint density at radius 3 is 1.87 bits per heavy atom. The lowest BCUT2D eigenvalue weighted by Gasteiger charge is -2.37. The van der Waals surface area contributed by atoms with Gasteiger partial charge in [-0.15, -0.1) is 0 Å². The molecule has 31 heavy (non-hydrogen) atoms. The fourth-order valence-electron chi connectivity index (χ4n) is 4.45. The molecule has 0 aromatic heterocycles. The third-order valence-electron chi connectivity index (χ3n) is 5.92. The van der Waals surface area contributed by atoms with Crippen LogP contribution >= 0.6 is 0 Å². The number of aryl methyl sites for hydroxylation is 1. The molecule has 4 aromatic rings. The van der Waals surface area contributed by atoms with E-state index in [0.717, 1.165) is 17.8 Å². The minimum Gasteiger partial charge on any atom is -0.356 e. The van der Waals surface area contributed by atoms with Crippen LogP contribution in [0.25, 0.3) is 0 Å². The van der Waals surface area contributed by atoms with Crippen LogP contribution in [0, 0.1) is 18.3 Å². The van der Waals surface area contributed by atoms with E-state index >= 15 is 0 Å². The van der Waals surface area contributed by atoms with Crippen molar-refractivity contribution in [2.24, 2.45) is 0 Å². The topological polar surface area (TPSA) is 35.8 Å². The molecule has 152 valence electrons. The lowest BCUT2D eigenvalue weighted by atomic mass is 9.65. The van der Waals surface area contributed by atoms with Crippen LogP contribution in [0.4, 0.5) is 11.4 Å². The zero-order valence-corrected chi connectivity index (χ0v) is 17.8. The summed E-state index contributed by atoms with van der Waals surface area (Å²) in [4.78, 5) is 0. The zero-order chi connectivity index (χ0) is 21.5. The number of nitriles is 1. The van der Waals surface area contributed by atoms with E-state index in [2.05, 4.69) is 103 Å². The summed E-state index contributed by atoms with van der Waals surface area (Å²) >= 11 is 0. The number of nitrogens with one attached hydrogen (secondary N) is 1. The van der Waals surface area contributed by atoms with E-state index in [9.17, 15) is 5.26 Å². The van der Waals surface area contributed by atoms with Crippen molar-refractivity contribution in [1.29, 1.82) is 5.26 Å². The third kappa shape index (κ3) is 4.22. The van der Waals surface area contributed by atoms with Crippen molar-refractivity contribution >= 4 is 11.4 Å². The first-order chi connectivity index (χ1) is 15.2. The minimum absolute atomic E-state index is 0.381. The molecule has 0 fully saturated rings. The van der Waals surface area contributed by atoms with Gasteiger partial charge in [0.25, 0.3) is 0 Å². The summed E-state index contributed by atoms with van der Waals surface area (Å²) in [5.41, 5.74) is 6.62. The molecule has 0 heterocycles. The van der Waals surface area contributed by atoms with E-state index in [-0.39, 0.29) is 5.41 Å². The Balaban J connectivity index is 1.84. The van der Waals surface area contributed by atoms with Crippen LogP contribution < -0.4 is 5.32 Å². The van der Waals surface area contributed by atoms with Gasteiger partial charge in [-0.05, 0) is 59.9 Å². The number of nitrogens with zero attached hydrogens (tertiary/aromatic N) is 1. The van der Waals surface area contributed by atoms with Crippen molar-refractivity contribution in [3.63, 3.8) is 0 Å². The number of hydrogen-bond donors (Lipinski definition) is 1. The van der Waals surface area contributed by atoms with Gasteiger partial charge in [0.05, 0.1) is 6.07 Å². The average Bonchev–Trinajstić information content (AvgIpc) is 2.83. The molecule has 4 rings (SSSR count). The van der Waals surface area contributed by atoms with Gasteiger partial charge < -0.3 is 5.32 Å². The van der Waals surface area contributed by atoms with Gasteiger partial charge in [-0.3, -0.25) is 0 Å². The largest absolute Gasteiger partial charge is 0.356 e. The third-order valence-corrected chi connectivity index (χ3v) is 5.92. The van der Waals surface area contributed by atoms with Gasteiger partial charge in [0.1, 0.15) is 0 Å². The second-order valence-corrected chi connectivity index (χ2v) is 7.81. The van der Waals surface area contributed by atoms with E-state index in [1.54, 1.807) is 0 Å². The van der Waals surface area contributed by atoms with Crippen molar-refractivity contribution in [1.82, 2.24) is 0 Å². The summed E-state index contributed by atoms with van der Waals surface area (Å²) in [6, 6.07) is 40.3. The molecule has 2 nitrogen and oxygen atoms in total. The predicted molar refractivity (Wildman–Crippen MR) is 129 cm³/mol. The molecule has 0 spiro atoms. The maximum Gasteiger partial charge on any atom is 0.0622 e. The molecular formula is C29H26N2. The fraction of sp³-hybridized carbons (Fsp3) is 0.138. The van der Waals surface area contributed by atoms with E-state index < -0.39 is 0 Å². The van der Waals surface area contributed by atoms with E-state index in [4.69, 9.17) is 0 Å². The summed E-state index contributed by atoms with van der Waals surface area (Å²) < 4.78 is 0. The van der Waals surface area contributed by atoms with E-state index in [1.165, 1.54) is 22.3 Å². The molecule has 0 saturated heterocycles. The molecule has 1 unspecified atom stereocenters. The highest BCUT2D eigenvalue weighted by molar-refractivity contribution is 5.61. The predicted octanol–water partition coefficient (Wildman–Crippen LogP) is 7.38. The van der Waals surface area contributed by atoms with E-state index in [1.807, 2.05) is 24.3 Å². The number of rotatable bonds is 7. The van der Waals surface area contributed by atoms with Gasteiger partial charge >= 0.3 is 0 Å². The van der Waals surface area contributed by atoms with Crippen molar-refractivity contribution in [2.45, 2.75) is 25.2 Å². The highest BCUT2D eigenvalue weighted by Gasteiger charge is 2.36. The number of hydrogen-bond acceptors (Lipinski definition) is 2. The minimum atomic E-state index is -0.381. The first kappa shape index (κ1) is 20.4. The van der Waals surface area contributed by atoms with Crippen molar-refractivity contribution in [3.8, 4) is 6.07 Å². The molecule has 1 N–H and O–H groups in total. The van der Waals surface area contributed by atoms with Gasteiger partial charge in [0.15, 0.2) is 0 Å². The molecule has 0 aliphatic heterocycles. The normalized spacial score (nSPS) is 12.5.